The molecule has 8 nitrogen and oxygen atoms in total. The summed E-state index contributed by atoms with van der Waals surface area (Å²) in [5, 5.41) is 25.3. The van der Waals surface area contributed by atoms with Crippen molar-refractivity contribution in [3.05, 3.63) is 58.7 Å². The average Bonchev–Trinajstić information content (AvgIpc) is 2.82. The van der Waals surface area contributed by atoms with Crippen molar-refractivity contribution in [2.24, 2.45) is 5.41 Å². The van der Waals surface area contributed by atoms with Gasteiger partial charge in [0.15, 0.2) is 0 Å². The van der Waals surface area contributed by atoms with Crippen LogP contribution in [-0.4, -0.2) is 48.7 Å². The van der Waals surface area contributed by atoms with Crippen LogP contribution in [0.5, 0.6) is 0 Å². The molecule has 2 unspecified atom stereocenters. The predicted molar refractivity (Wildman–Crippen MR) is 141 cm³/mol. The Morgan fingerprint density at radius 3 is 2.51 bits per heavy atom. The number of fused-ring (bicyclic) bond motifs is 1. The van der Waals surface area contributed by atoms with Crippen LogP contribution in [-0.2, 0) is 11.8 Å². The summed E-state index contributed by atoms with van der Waals surface area (Å²) >= 11 is 0. The van der Waals surface area contributed by atoms with Gasteiger partial charge in [-0.15, -0.1) is 0 Å². The number of amides is 1. The molecule has 11 heteroatoms. The van der Waals surface area contributed by atoms with E-state index in [1.54, 1.807) is 32.2 Å². The molecule has 2 aromatic heterocycles. The predicted octanol–water partition coefficient (Wildman–Crippen LogP) is 6.21. The zero-order valence-electron chi connectivity index (χ0n) is 22.9. The van der Waals surface area contributed by atoms with Crippen molar-refractivity contribution in [3.8, 4) is 0 Å². The number of likely N-dealkylation sites (tertiary alicyclic amines) is 1. The number of alkyl halides is 3. The van der Waals surface area contributed by atoms with E-state index < -0.39 is 40.9 Å². The van der Waals surface area contributed by atoms with Gasteiger partial charge >= 0.3 is 12.3 Å². The summed E-state index contributed by atoms with van der Waals surface area (Å²) in [6, 6.07) is 4.83. The van der Waals surface area contributed by atoms with Gasteiger partial charge in [0.2, 0.25) is 0 Å². The monoisotopic (exact) mass is 545 g/mol. The number of carboxylic acid groups (broad SMARTS) is 1. The van der Waals surface area contributed by atoms with Gasteiger partial charge in [-0.2, -0.15) is 13.2 Å². The molecule has 1 aliphatic rings. The Morgan fingerprint density at radius 2 is 1.90 bits per heavy atom. The molecular formula is C28H34F3N5O3. The van der Waals surface area contributed by atoms with Crippen LogP contribution in [0.1, 0.15) is 74.8 Å². The van der Waals surface area contributed by atoms with Crippen molar-refractivity contribution in [2.45, 2.75) is 78.2 Å². The summed E-state index contributed by atoms with van der Waals surface area (Å²) in [5.41, 5.74) is -0.995. The Hall–Kier alpha value is -3.47. The van der Waals surface area contributed by atoms with Crippen LogP contribution in [0.15, 0.2) is 30.5 Å². The summed E-state index contributed by atoms with van der Waals surface area (Å²) in [5.74, 6) is 0.859. The van der Waals surface area contributed by atoms with Gasteiger partial charge < -0.3 is 20.4 Å². The number of aromatic nitrogens is 3. The van der Waals surface area contributed by atoms with Gasteiger partial charge in [-0.05, 0) is 55.9 Å². The number of hydrogen-bond donors (Lipinski definition) is 3. The zero-order valence-corrected chi connectivity index (χ0v) is 22.9. The Balaban J connectivity index is 1.73. The van der Waals surface area contributed by atoms with Crippen LogP contribution in [0.25, 0.3) is 10.9 Å². The van der Waals surface area contributed by atoms with Gasteiger partial charge in [0.1, 0.15) is 17.2 Å². The van der Waals surface area contributed by atoms with Crippen molar-refractivity contribution in [1.82, 2.24) is 19.9 Å². The Morgan fingerprint density at radius 1 is 1.21 bits per heavy atom. The highest BCUT2D eigenvalue weighted by molar-refractivity contribution is 5.89. The molecule has 0 aliphatic carbocycles. The highest BCUT2D eigenvalue weighted by atomic mass is 19.4. The molecular weight excluding hydrogens is 511 g/mol. The van der Waals surface area contributed by atoms with Crippen LogP contribution in [0.3, 0.4) is 0 Å². The number of hydrogen-bond acceptors (Lipinski definition) is 6. The van der Waals surface area contributed by atoms with E-state index in [-0.39, 0.29) is 24.9 Å². The minimum absolute atomic E-state index is 0.134. The van der Waals surface area contributed by atoms with E-state index >= 15 is 0 Å². The molecule has 0 radical (unpaired) electrons. The maximum Gasteiger partial charge on any atom is 0.416 e. The second-order valence-electron chi connectivity index (χ2n) is 11.4. The molecule has 3 atom stereocenters. The third-order valence-corrected chi connectivity index (χ3v) is 7.59. The van der Waals surface area contributed by atoms with Gasteiger partial charge in [-0.25, -0.2) is 14.8 Å². The van der Waals surface area contributed by atoms with E-state index in [9.17, 15) is 28.2 Å². The first-order chi connectivity index (χ1) is 18.0. The summed E-state index contributed by atoms with van der Waals surface area (Å²) in [6.07, 6.45) is -3.62. The van der Waals surface area contributed by atoms with E-state index in [0.29, 0.717) is 33.8 Å². The van der Waals surface area contributed by atoms with Crippen molar-refractivity contribution in [1.29, 1.82) is 0 Å². The van der Waals surface area contributed by atoms with Crippen molar-refractivity contribution in [2.75, 3.05) is 11.9 Å². The van der Waals surface area contributed by atoms with E-state index in [1.807, 2.05) is 20.8 Å². The van der Waals surface area contributed by atoms with Gasteiger partial charge in [-0.3, -0.25) is 4.98 Å². The maximum atomic E-state index is 13.5. The number of benzene rings is 1. The van der Waals surface area contributed by atoms with Crippen LogP contribution < -0.4 is 5.32 Å². The van der Waals surface area contributed by atoms with E-state index in [2.05, 4.69) is 20.3 Å². The largest absolute Gasteiger partial charge is 0.465 e. The lowest BCUT2D eigenvalue weighted by molar-refractivity contribution is -0.138. The zero-order chi connectivity index (χ0) is 28.9. The molecule has 1 aliphatic heterocycles. The minimum Gasteiger partial charge on any atom is -0.465 e. The quantitative estimate of drug-likeness (QED) is 0.357. The molecule has 39 heavy (non-hydrogen) atoms. The molecule has 3 heterocycles. The van der Waals surface area contributed by atoms with E-state index in [4.69, 9.17) is 0 Å². The minimum atomic E-state index is -4.46. The number of aryl methyl sites for hydroxylation is 1. The standard InChI is InChI=1S/C28H34F3N5O3/c1-15-18(8-7-9-20(15)28(29,30)31)16(2)33-24-19-12-22(32-14-21(19)34-17(3)35-24)27(39)10-11-36(25(37)38)23(13-27)26(4,5)6/h7-9,12,14,16,23,39H,10-11,13H2,1-6H3,(H,37,38)(H,33,34,35)/t16?,23-,27?/m1/s1. The Labute approximate surface area is 225 Å². The fraction of sp³-hybridized carbons (Fsp3) is 0.500. The van der Waals surface area contributed by atoms with Crippen molar-refractivity contribution >= 4 is 22.8 Å². The summed E-state index contributed by atoms with van der Waals surface area (Å²) < 4.78 is 40.5. The van der Waals surface area contributed by atoms with Gasteiger partial charge in [0, 0.05) is 24.4 Å². The molecule has 3 N–H and O–H groups in total. The van der Waals surface area contributed by atoms with Gasteiger partial charge in [-0.1, -0.05) is 32.9 Å². The van der Waals surface area contributed by atoms with Gasteiger partial charge in [0.25, 0.3) is 0 Å². The number of anilines is 1. The molecule has 3 aromatic rings. The normalized spacial score (nSPS) is 21.2. The number of aliphatic hydroxyl groups is 1. The third-order valence-electron chi connectivity index (χ3n) is 7.59. The molecule has 0 bridgehead atoms. The number of piperidine rings is 1. The number of nitrogens with one attached hydrogen (secondary N) is 1. The van der Waals surface area contributed by atoms with Crippen LogP contribution in [0.4, 0.5) is 23.8 Å². The fourth-order valence-electron chi connectivity index (χ4n) is 5.45. The lowest BCUT2D eigenvalue weighted by Gasteiger charge is -2.47. The van der Waals surface area contributed by atoms with Gasteiger partial charge in [0.05, 0.1) is 29.0 Å². The molecule has 1 saturated heterocycles. The van der Waals surface area contributed by atoms with Crippen molar-refractivity contribution in [3.63, 3.8) is 0 Å². The number of halogens is 3. The topological polar surface area (TPSA) is 111 Å². The molecule has 1 aromatic carbocycles. The maximum absolute atomic E-state index is 13.5. The first-order valence-corrected chi connectivity index (χ1v) is 12.8. The second-order valence-corrected chi connectivity index (χ2v) is 11.4. The number of carbonyl (C=O) groups is 1. The average molecular weight is 546 g/mol. The van der Waals surface area contributed by atoms with E-state index in [1.165, 1.54) is 17.9 Å². The van der Waals surface area contributed by atoms with Crippen LogP contribution >= 0.6 is 0 Å². The highest BCUT2D eigenvalue weighted by Gasteiger charge is 2.46. The first kappa shape index (κ1) is 28.5. The number of nitrogens with zero attached hydrogens (tertiary/aromatic N) is 4. The number of rotatable bonds is 4. The summed E-state index contributed by atoms with van der Waals surface area (Å²) in [6.45, 7) is 10.9. The molecule has 210 valence electrons. The Kier molecular flexibility index (Phi) is 7.26. The van der Waals surface area contributed by atoms with Crippen LogP contribution in [0.2, 0.25) is 0 Å². The highest BCUT2D eigenvalue weighted by Crippen LogP contribution is 2.42. The van der Waals surface area contributed by atoms with E-state index in [0.717, 1.165) is 6.07 Å². The molecule has 1 fully saturated rings. The lowest BCUT2D eigenvalue weighted by Crippen LogP contribution is -2.56. The fourth-order valence-corrected chi connectivity index (χ4v) is 5.45. The first-order valence-electron chi connectivity index (χ1n) is 12.8. The molecule has 1 amide bonds. The SMILES string of the molecule is Cc1nc(NC(C)c2cccc(C(F)(F)F)c2C)c2cc(C3(O)CCN(C(=O)O)[C@@H](C(C)(C)C)C3)ncc2n1. The van der Waals surface area contributed by atoms with Crippen LogP contribution in [0, 0.1) is 19.3 Å². The lowest BCUT2D eigenvalue weighted by atomic mass is 9.74. The molecule has 0 saturated carbocycles. The summed E-state index contributed by atoms with van der Waals surface area (Å²) in [7, 11) is 0. The van der Waals surface area contributed by atoms with Crippen molar-refractivity contribution < 1.29 is 28.2 Å². The molecule has 4 rings (SSSR count). The Bertz CT molecular complexity index is 1410. The molecule has 0 spiro atoms. The number of pyridine rings is 1. The smallest absolute Gasteiger partial charge is 0.416 e. The summed E-state index contributed by atoms with van der Waals surface area (Å²) in [4.78, 5) is 26.7. The second kappa shape index (κ2) is 9.93. The third kappa shape index (κ3) is 5.63.